The lowest BCUT2D eigenvalue weighted by Crippen LogP contribution is -2.42. The molecule has 0 aromatic heterocycles. The molecule has 26 heavy (non-hydrogen) atoms. The van der Waals surface area contributed by atoms with Crippen molar-refractivity contribution in [3.8, 4) is 5.75 Å². The van der Waals surface area contributed by atoms with Crippen LogP contribution in [0.5, 0.6) is 5.75 Å². The molecule has 0 radical (unpaired) electrons. The van der Waals surface area contributed by atoms with E-state index in [2.05, 4.69) is 0 Å². The van der Waals surface area contributed by atoms with Gasteiger partial charge in [-0.3, -0.25) is 0 Å². The largest absolute Gasteiger partial charge is 0.490 e. The van der Waals surface area contributed by atoms with Crippen LogP contribution in [0.15, 0.2) is 18.2 Å². The van der Waals surface area contributed by atoms with Gasteiger partial charge < -0.3 is 14.4 Å². The fraction of sp³-hybridized carbons (Fsp3) is 0.611. The van der Waals surface area contributed by atoms with Gasteiger partial charge in [0.25, 0.3) is 0 Å². The van der Waals surface area contributed by atoms with Gasteiger partial charge in [0.1, 0.15) is 5.60 Å². The highest BCUT2D eigenvalue weighted by atomic mass is 19.4. The molecule has 0 atom stereocenters. The van der Waals surface area contributed by atoms with E-state index in [1.807, 2.05) is 0 Å². The average molecular weight is 377 g/mol. The van der Waals surface area contributed by atoms with Gasteiger partial charge in [0.2, 0.25) is 0 Å². The number of hydrogen-bond acceptors (Lipinski definition) is 3. The van der Waals surface area contributed by atoms with Gasteiger partial charge in [-0.15, -0.1) is 0 Å². The third kappa shape index (κ3) is 5.78. The highest BCUT2D eigenvalue weighted by Gasteiger charge is 2.32. The predicted octanol–water partition coefficient (Wildman–Crippen LogP) is 4.87. The van der Waals surface area contributed by atoms with Crippen molar-refractivity contribution in [2.45, 2.75) is 45.4 Å². The van der Waals surface area contributed by atoms with Crippen molar-refractivity contribution in [2.75, 3.05) is 19.7 Å². The quantitative estimate of drug-likeness (QED) is 0.706. The Balaban J connectivity index is 1.86. The summed E-state index contributed by atoms with van der Waals surface area (Å²) in [5.41, 5.74) is -1.52. The lowest BCUT2D eigenvalue weighted by molar-refractivity contribution is -0.137. The van der Waals surface area contributed by atoms with E-state index in [0.29, 0.717) is 38.1 Å². The minimum Gasteiger partial charge on any atom is -0.490 e. The van der Waals surface area contributed by atoms with Crippen LogP contribution in [0.3, 0.4) is 0 Å². The van der Waals surface area contributed by atoms with Gasteiger partial charge in [-0.2, -0.15) is 13.2 Å². The molecule has 8 heteroatoms. The molecular weight excluding hydrogens is 354 g/mol. The molecule has 0 N–H and O–H groups in total. The number of likely N-dealkylation sites (tertiary alicyclic amines) is 1. The molecule has 1 fully saturated rings. The zero-order valence-corrected chi connectivity index (χ0v) is 15.0. The van der Waals surface area contributed by atoms with Crippen LogP contribution in [0.1, 0.15) is 39.2 Å². The van der Waals surface area contributed by atoms with Gasteiger partial charge in [0.15, 0.2) is 11.6 Å². The standard InChI is InChI=1S/C18H23F4NO3/c1-17(2,3)26-16(24)23-8-6-12(7-9-23)11-25-15-10-13(18(20,21)22)4-5-14(15)19/h4-5,10,12H,6-9,11H2,1-3H3. The maximum absolute atomic E-state index is 13.7. The summed E-state index contributed by atoms with van der Waals surface area (Å²) < 4.78 is 62.4. The highest BCUT2D eigenvalue weighted by Crippen LogP contribution is 2.33. The van der Waals surface area contributed by atoms with Crippen LogP contribution in [-0.2, 0) is 10.9 Å². The van der Waals surface area contributed by atoms with Crippen LogP contribution < -0.4 is 4.74 Å². The Bertz CT molecular complexity index is 632. The number of carbonyl (C=O) groups is 1. The summed E-state index contributed by atoms with van der Waals surface area (Å²) >= 11 is 0. The second-order valence-corrected chi connectivity index (χ2v) is 7.36. The van der Waals surface area contributed by atoms with E-state index in [0.717, 1.165) is 6.07 Å². The molecule has 146 valence electrons. The van der Waals surface area contributed by atoms with Crippen molar-refractivity contribution in [3.05, 3.63) is 29.6 Å². The second kappa shape index (κ2) is 7.72. The van der Waals surface area contributed by atoms with Crippen molar-refractivity contribution in [1.82, 2.24) is 4.90 Å². The minimum absolute atomic E-state index is 0.0302. The minimum atomic E-state index is -4.55. The summed E-state index contributed by atoms with van der Waals surface area (Å²) in [7, 11) is 0. The molecule has 0 aliphatic carbocycles. The Labute approximate surface area is 150 Å². The Hall–Kier alpha value is -1.99. The smallest absolute Gasteiger partial charge is 0.416 e. The Morgan fingerprint density at radius 2 is 1.81 bits per heavy atom. The molecule has 1 aromatic rings. The molecule has 1 saturated heterocycles. The number of halogens is 4. The first-order valence-electron chi connectivity index (χ1n) is 8.43. The van der Waals surface area contributed by atoms with Crippen molar-refractivity contribution in [2.24, 2.45) is 5.92 Å². The first kappa shape index (κ1) is 20.3. The van der Waals surface area contributed by atoms with E-state index in [9.17, 15) is 22.4 Å². The molecule has 0 bridgehead atoms. The van der Waals surface area contributed by atoms with Crippen molar-refractivity contribution in [1.29, 1.82) is 0 Å². The van der Waals surface area contributed by atoms with Crippen LogP contribution in [0.4, 0.5) is 22.4 Å². The summed E-state index contributed by atoms with van der Waals surface area (Å²) in [4.78, 5) is 13.6. The maximum atomic E-state index is 13.7. The molecule has 1 amide bonds. The lowest BCUT2D eigenvalue weighted by Gasteiger charge is -2.33. The molecule has 0 unspecified atom stereocenters. The van der Waals surface area contributed by atoms with Gasteiger partial charge in [-0.1, -0.05) is 0 Å². The molecule has 1 aliphatic rings. The van der Waals surface area contributed by atoms with Crippen LogP contribution in [0, 0.1) is 11.7 Å². The monoisotopic (exact) mass is 377 g/mol. The first-order chi connectivity index (χ1) is 12.0. The van der Waals surface area contributed by atoms with E-state index < -0.39 is 28.9 Å². The normalized spacial score (nSPS) is 16.5. The number of piperidine rings is 1. The van der Waals surface area contributed by atoms with E-state index >= 15 is 0 Å². The molecule has 1 aromatic carbocycles. The van der Waals surface area contributed by atoms with Crippen LogP contribution >= 0.6 is 0 Å². The van der Waals surface area contributed by atoms with Crippen LogP contribution in [0.25, 0.3) is 0 Å². The fourth-order valence-corrected chi connectivity index (χ4v) is 2.61. The van der Waals surface area contributed by atoms with Crippen LogP contribution in [-0.4, -0.2) is 36.3 Å². The van der Waals surface area contributed by atoms with Crippen LogP contribution in [0.2, 0.25) is 0 Å². The topological polar surface area (TPSA) is 38.8 Å². The number of amides is 1. The zero-order valence-electron chi connectivity index (χ0n) is 15.0. The van der Waals surface area contributed by atoms with E-state index in [1.54, 1.807) is 25.7 Å². The van der Waals surface area contributed by atoms with E-state index in [-0.39, 0.29) is 18.6 Å². The summed E-state index contributed by atoms with van der Waals surface area (Å²) in [6, 6.07) is 2.11. The van der Waals surface area contributed by atoms with Gasteiger partial charge in [0, 0.05) is 13.1 Å². The number of rotatable bonds is 3. The van der Waals surface area contributed by atoms with Crippen molar-refractivity contribution < 1.29 is 31.8 Å². The van der Waals surface area contributed by atoms with Gasteiger partial charge >= 0.3 is 12.3 Å². The number of carbonyl (C=O) groups excluding carboxylic acids is 1. The Morgan fingerprint density at radius 1 is 1.19 bits per heavy atom. The number of benzene rings is 1. The number of alkyl halides is 3. The molecular formula is C18H23F4NO3. The third-order valence-electron chi connectivity index (χ3n) is 4.00. The second-order valence-electron chi connectivity index (χ2n) is 7.36. The number of ether oxygens (including phenoxy) is 2. The summed E-state index contributed by atoms with van der Waals surface area (Å²) in [5.74, 6) is -1.21. The van der Waals surface area contributed by atoms with E-state index in [1.165, 1.54) is 0 Å². The van der Waals surface area contributed by atoms with Gasteiger partial charge in [0.05, 0.1) is 12.2 Å². The predicted molar refractivity (Wildman–Crippen MR) is 87.4 cm³/mol. The molecule has 1 aliphatic heterocycles. The van der Waals surface area contributed by atoms with E-state index in [4.69, 9.17) is 9.47 Å². The van der Waals surface area contributed by atoms with Crippen molar-refractivity contribution in [3.63, 3.8) is 0 Å². The lowest BCUT2D eigenvalue weighted by atomic mass is 9.98. The number of nitrogens with zero attached hydrogens (tertiary/aromatic N) is 1. The maximum Gasteiger partial charge on any atom is 0.416 e. The molecule has 4 nitrogen and oxygen atoms in total. The van der Waals surface area contributed by atoms with Gasteiger partial charge in [-0.05, 0) is 57.7 Å². The Morgan fingerprint density at radius 3 is 2.35 bits per heavy atom. The summed E-state index contributed by atoms with van der Waals surface area (Å²) in [5, 5.41) is 0. The molecule has 0 spiro atoms. The van der Waals surface area contributed by atoms with Crippen molar-refractivity contribution >= 4 is 6.09 Å². The summed E-state index contributed by atoms with van der Waals surface area (Å²) in [6.07, 6.45) is -3.72. The van der Waals surface area contributed by atoms with Gasteiger partial charge in [-0.25, -0.2) is 9.18 Å². The number of hydrogen-bond donors (Lipinski definition) is 0. The third-order valence-corrected chi connectivity index (χ3v) is 4.00. The summed E-state index contributed by atoms with van der Waals surface area (Å²) in [6.45, 7) is 6.39. The SMILES string of the molecule is CC(C)(C)OC(=O)N1CCC(COc2cc(C(F)(F)F)ccc2F)CC1. The Kier molecular flexibility index (Phi) is 6.03. The first-order valence-corrected chi connectivity index (χ1v) is 8.43. The molecule has 2 rings (SSSR count). The molecule has 0 saturated carbocycles. The molecule has 1 heterocycles. The fourth-order valence-electron chi connectivity index (χ4n) is 2.61. The zero-order chi connectivity index (χ0) is 19.5. The highest BCUT2D eigenvalue weighted by molar-refractivity contribution is 5.68. The average Bonchev–Trinajstić information content (AvgIpc) is 2.52.